The quantitative estimate of drug-likeness (QED) is 0.596. The summed E-state index contributed by atoms with van der Waals surface area (Å²) >= 11 is 0. The van der Waals surface area contributed by atoms with E-state index in [-0.39, 0.29) is 0 Å². The van der Waals surface area contributed by atoms with Crippen molar-refractivity contribution in [1.82, 2.24) is 0 Å². The highest BCUT2D eigenvalue weighted by atomic mass is 16.7. The molecule has 1 rings (SSSR count). The maximum Gasteiger partial charge on any atom is 0.246 e. The Morgan fingerprint density at radius 1 is 1.25 bits per heavy atom. The van der Waals surface area contributed by atoms with E-state index in [4.69, 9.17) is 9.47 Å². The van der Waals surface area contributed by atoms with Gasteiger partial charge in [0, 0.05) is 13.8 Å². The summed E-state index contributed by atoms with van der Waals surface area (Å²) in [6.45, 7) is 9.27. The summed E-state index contributed by atoms with van der Waals surface area (Å²) in [6, 6.07) is 0. The molecule has 0 aromatic heterocycles. The van der Waals surface area contributed by atoms with E-state index < -0.39 is 5.79 Å². The van der Waals surface area contributed by atoms with Crippen LogP contribution in [-0.4, -0.2) is 5.79 Å². The summed E-state index contributed by atoms with van der Waals surface area (Å²) < 4.78 is 11.0. The first-order valence-corrected chi connectivity index (χ1v) is 3.96. The molecule has 0 aliphatic carbocycles. The van der Waals surface area contributed by atoms with Crippen LogP contribution in [-0.2, 0) is 9.47 Å². The van der Waals surface area contributed by atoms with E-state index in [0.717, 1.165) is 11.5 Å². The Balaban J connectivity index is 2.91. The Morgan fingerprint density at radius 3 is 2.33 bits per heavy atom. The molecule has 2 heteroatoms. The summed E-state index contributed by atoms with van der Waals surface area (Å²) in [5.74, 6) is 0.980. The van der Waals surface area contributed by atoms with Crippen LogP contribution in [0, 0.1) is 0 Å². The van der Waals surface area contributed by atoms with Crippen LogP contribution in [0.25, 0.3) is 0 Å². The van der Waals surface area contributed by atoms with Crippen LogP contribution in [0.2, 0.25) is 0 Å². The molecule has 0 bridgehead atoms. The molecule has 1 heterocycles. The monoisotopic (exact) mass is 166 g/mol. The van der Waals surface area contributed by atoms with Gasteiger partial charge in [0.25, 0.3) is 0 Å². The first-order valence-electron chi connectivity index (χ1n) is 3.96. The van der Waals surface area contributed by atoms with E-state index in [1.807, 2.05) is 26.8 Å². The van der Waals surface area contributed by atoms with Crippen LogP contribution in [0.3, 0.4) is 0 Å². The molecule has 0 atom stereocenters. The molecule has 1 aliphatic rings. The van der Waals surface area contributed by atoms with Crippen LogP contribution < -0.4 is 0 Å². The van der Waals surface area contributed by atoms with Crippen LogP contribution in [0.1, 0.15) is 20.8 Å². The molecule has 12 heavy (non-hydrogen) atoms. The van der Waals surface area contributed by atoms with Gasteiger partial charge in [0.15, 0.2) is 11.5 Å². The van der Waals surface area contributed by atoms with Gasteiger partial charge in [-0.05, 0) is 19.1 Å². The molecule has 0 unspecified atom stereocenters. The number of allylic oxidation sites excluding steroid dienone is 3. The Labute approximate surface area is 73.2 Å². The van der Waals surface area contributed by atoms with Crippen molar-refractivity contribution in [3.05, 3.63) is 36.3 Å². The zero-order valence-electron chi connectivity index (χ0n) is 7.76. The van der Waals surface area contributed by atoms with Crippen molar-refractivity contribution in [2.45, 2.75) is 26.6 Å². The molecule has 0 saturated carbocycles. The lowest BCUT2D eigenvalue weighted by atomic mass is 10.3. The van der Waals surface area contributed by atoms with Crippen LogP contribution in [0.5, 0.6) is 0 Å². The molecule has 0 spiro atoms. The highest BCUT2D eigenvalue weighted by Gasteiger charge is 2.33. The second-order valence-electron chi connectivity index (χ2n) is 3.02. The maximum atomic E-state index is 5.49. The van der Waals surface area contributed by atoms with E-state index in [1.165, 1.54) is 0 Å². The van der Waals surface area contributed by atoms with Crippen molar-refractivity contribution in [3.8, 4) is 0 Å². The molecule has 0 N–H and O–H groups in total. The van der Waals surface area contributed by atoms with Crippen LogP contribution in [0.15, 0.2) is 36.3 Å². The fraction of sp³-hybridized carbons (Fsp3) is 0.400. The molecular weight excluding hydrogens is 152 g/mol. The Hall–Kier alpha value is -1.18. The molecular formula is C10H14O2. The molecule has 0 aromatic carbocycles. The van der Waals surface area contributed by atoms with Gasteiger partial charge in [-0.25, -0.2) is 0 Å². The van der Waals surface area contributed by atoms with Crippen LogP contribution >= 0.6 is 0 Å². The minimum absolute atomic E-state index is 0.545. The third-order valence-electron chi connectivity index (χ3n) is 1.49. The number of hydrogen-bond donors (Lipinski definition) is 0. The van der Waals surface area contributed by atoms with Gasteiger partial charge >= 0.3 is 0 Å². The normalized spacial score (nSPS) is 26.9. The second kappa shape index (κ2) is 3.05. The van der Waals surface area contributed by atoms with Gasteiger partial charge in [-0.15, -0.1) is 0 Å². The van der Waals surface area contributed by atoms with Gasteiger partial charge < -0.3 is 9.47 Å². The molecule has 1 fully saturated rings. The summed E-state index contributed by atoms with van der Waals surface area (Å²) in [6.07, 6.45) is 5.36. The predicted molar refractivity (Wildman–Crippen MR) is 48.3 cm³/mol. The minimum atomic E-state index is -0.545. The zero-order chi connectivity index (χ0) is 9.19. The third kappa shape index (κ3) is 1.70. The third-order valence-corrected chi connectivity index (χ3v) is 1.49. The fourth-order valence-electron chi connectivity index (χ4n) is 1.08. The Kier molecular flexibility index (Phi) is 2.27. The fourth-order valence-corrected chi connectivity index (χ4v) is 1.08. The summed E-state index contributed by atoms with van der Waals surface area (Å²) in [5.41, 5.74) is 0. The van der Waals surface area contributed by atoms with Gasteiger partial charge in [0.05, 0.1) is 0 Å². The summed E-state index contributed by atoms with van der Waals surface area (Å²) in [4.78, 5) is 0. The van der Waals surface area contributed by atoms with Crippen LogP contribution in [0.4, 0.5) is 0 Å². The largest absolute Gasteiger partial charge is 0.449 e. The number of ether oxygens (including phenoxy) is 2. The lowest BCUT2D eigenvalue weighted by Gasteiger charge is -2.15. The van der Waals surface area contributed by atoms with Crippen molar-refractivity contribution >= 4 is 0 Å². The van der Waals surface area contributed by atoms with E-state index in [9.17, 15) is 0 Å². The average Bonchev–Trinajstić information content (AvgIpc) is 2.26. The van der Waals surface area contributed by atoms with Gasteiger partial charge in [-0.1, -0.05) is 12.7 Å². The van der Waals surface area contributed by atoms with Crippen molar-refractivity contribution in [2.75, 3.05) is 0 Å². The first-order chi connectivity index (χ1) is 5.59. The van der Waals surface area contributed by atoms with Crippen molar-refractivity contribution < 1.29 is 9.47 Å². The SMILES string of the molecule is C=CC=C1OC(C)(C)OC1=CC. The predicted octanol–water partition coefficient (Wildman–Crippen LogP) is 2.74. The molecule has 0 aromatic rings. The molecule has 1 aliphatic heterocycles. The summed E-state index contributed by atoms with van der Waals surface area (Å²) in [7, 11) is 0. The minimum Gasteiger partial charge on any atom is -0.449 e. The van der Waals surface area contributed by atoms with Gasteiger partial charge in [-0.3, -0.25) is 0 Å². The Morgan fingerprint density at radius 2 is 1.83 bits per heavy atom. The molecule has 0 amide bonds. The van der Waals surface area contributed by atoms with Crippen molar-refractivity contribution in [1.29, 1.82) is 0 Å². The Bertz CT molecular complexity index is 247. The number of rotatable bonds is 1. The smallest absolute Gasteiger partial charge is 0.246 e. The average molecular weight is 166 g/mol. The first kappa shape index (κ1) is 8.91. The van der Waals surface area contributed by atoms with E-state index in [2.05, 4.69) is 6.58 Å². The molecule has 0 radical (unpaired) electrons. The van der Waals surface area contributed by atoms with Gasteiger partial charge in [0.1, 0.15) is 0 Å². The van der Waals surface area contributed by atoms with Gasteiger partial charge in [-0.2, -0.15) is 0 Å². The molecule has 1 saturated heterocycles. The summed E-state index contributed by atoms with van der Waals surface area (Å²) in [5, 5.41) is 0. The topological polar surface area (TPSA) is 18.5 Å². The van der Waals surface area contributed by atoms with E-state index in [0.29, 0.717) is 0 Å². The molecule has 66 valence electrons. The lowest BCUT2D eigenvalue weighted by molar-refractivity contribution is -0.104. The van der Waals surface area contributed by atoms with Crippen molar-refractivity contribution in [2.24, 2.45) is 0 Å². The second-order valence-corrected chi connectivity index (χ2v) is 3.02. The van der Waals surface area contributed by atoms with E-state index >= 15 is 0 Å². The highest BCUT2D eigenvalue weighted by molar-refractivity contribution is 5.26. The van der Waals surface area contributed by atoms with Gasteiger partial charge in [0.2, 0.25) is 5.79 Å². The lowest BCUT2D eigenvalue weighted by Crippen LogP contribution is -2.18. The van der Waals surface area contributed by atoms with E-state index in [1.54, 1.807) is 12.2 Å². The maximum absolute atomic E-state index is 5.49. The zero-order valence-corrected chi connectivity index (χ0v) is 7.76. The molecule has 2 nitrogen and oxygen atoms in total. The highest BCUT2D eigenvalue weighted by Crippen LogP contribution is 2.33. The van der Waals surface area contributed by atoms with Crippen molar-refractivity contribution in [3.63, 3.8) is 0 Å². The number of hydrogen-bond acceptors (Lipinski definition) is 2. The standard InChI is InChI=1S/C10H14O2/c1-5-7-9-8(6-2)11-10(3,4)12-9/h5-7H,1H2,2-4H3.